The highest BCUT2D eigenvalue weighted by Crippen LogP contribution is 2.16. The van der Waals surface area contributed by atoms with Crippen LogP contribution < -0.4 is 10.6 Å². The van der Waals surface area contributed by atoms with E-state index in [0.29, 0.717) is 31.0 Å². The van der Waals surface area contributed by atoms with Crippen LogP contribution in [-0.4, -0.2) is 60.2 Å². The SMILES string of the molecule is CC1COCCN1C(=O)c1ccc(NC(=O)C2CSCN2)cc1. The number of carbonyl (C=O) groups excluding carboxylic acids is 2. The number of rotatable bonds is 3. The smallest absolute Gasteiger partial charge is 0.254 e. The summed E-state index contributed by atoms with van der Waals surface area (Å²) in [4.78, 5) is 26.4. The lowest BCUT2D eigenvalue weighted by atomic mass is 10.1. The third-order valence-electron chi connectivity index (χ3n) is 4.06. The molecule has 0 saturated carbocycles. The van der Waals surface area contributed by atoms with Gasteiger partial charge >= 0.3 is 0 Å². The molecular weight excluding hydrogens is 314 g/mol. The largest absolute Gasteiger partial charge is 0.377 e. The summed E-state index contributed by atoms with van der Waals surface area (Å²) in [6, 6.07) is 7.02. The third kappa shape index (κ3) is 3.85. The molecule has 7 heteroatoms. The van der Waals surface area contributed by atoms with Crippen molar-refractivity contribution in [3.8, 4) is 0 Å². The Morgan fingerprint density at radius 2 is 2.13 bits per heavy atom. The van der Waals surface area contributed by atoms with Crippen LogP contribution in [0.1, 0.15) is 17.3 Å². The average Bonchev–Trinajstić information content (AvgIpc) is 3.10. The van der Waals surface area contributed by atoms with Crippen LogP contribution in [0.15, 0.2) is 24.3 Å². The number of morpholine rings is 1. The molecule has 2 amide bonds. The number of benzene rings is 1. The summed E-state index contributed by atoms with van der Waals surface area (Å²) < 4.78 is 5.36. The quantitative estimate of drug-likeness (QED) is 0.867. The molecule has 1 aromatic carbocycles. The van der Waals surface area contributed by atoms with Crippen LogP contribution in [0.4, 0.5) is 5.69 Å². The van der Waals surface area contributed by atoms with Crippen LogP contribution >= 0.6 is 11.8 Å². The van der Waals surface area contributed by atoms with E-state index in [1.165, 1.54) is 0 Å². The zero-order valence-electron chi connectivity index (χ0n) is 13.1. The van der Waals surface area contributed by atoms with Crippen LogP contribution in [0.3, 0.4) is 0 Å². The third-order valence-corrected chi connectivity index (χ3v) is 5.00. The fraction of sp³-hybridized carbons (Fsp3) is 0.500. The number of thioether (sulfide) groups is 1. The van der Waals surface area contributed by atoms with E-state index in [1.807, 2.05) is 11.8 Å². The van der Waals surface area contributed by atoms with Gasteiger partial charge in [-0.2, -0.15) is 0 Å². The highest BCUT2D eigenvalue weighted by Gasteiger charge is 2.25. The predicted octanol–water partition coefficient (Wildman–Crippen LogP) is 1.15. The van der Waals surface area contributed by atoms with E-state index >= 15 is 0 Å². The van der Waals surface area contributed by atoms with Gasteiger partial charge in [-0.15, -0.1) is 11.8 Å². The number of nitrogens with one attached hydrogen (secondary N) is 2. The number of anilines is 1. The van der Waals surface area contributed by atoms with Gasteiger partial charge in [0.05, 0.1) is 25.3 Å². The fourth-order valence-electron chi connectivity index (χ4n) is 2.68. The first-order valence-electron chi connectivity index (χ1n) is 7.76. The Balaban J connectivity index is 1.62. The first-order valence-corrected chi connectivity index (χ1v) is 8.91. The van der Waals surface area contributed by atoms with Crippen molar-refractivity contribution in [2.75, 3.05) is 36.7 Å². The van der Waals surface area contributed by atoms with Crippen molar-refractivity contribution < 1.29 is 14.3 Å². The van der Waals surface area contributed by atoms with Gasteiger partial charge in [-0.3, -0.25) is 14.9 Å². The molecule has 2 N–H and O–H groups in total. The number of nitrogens with zero attached hydrogens (tertiary/aromatic N) is 1. The second kappa shape index (κ2) is 7.33. The minimum atomic E-state index is -0.143. The summed E-state index contributed by atoms with van der Waals surface area (Å²) in [5, 5.41) is 6.01. The Hall–Kier alpha value is -1.57. The zero-order valence-corrected chi connectivity index (χ0v) is 13.9. The Morgan fingerprint density at radius 3 is 2.78 bits per heavy atom. The molecule has 124 valence electrons. The first-order chi connectivity index (χ1) is 11.1. The van der Waals surface area contributed by atoms with Gasteiger partial charge in [0.1, 0.15) is 0 Å². The molecule has 1 aromatic rings. The maximum Gasteiger partial charge on any atom is 0.254 e. The first kappa shape index (κ1) is 16.3. The zero-order chi connectivity index (χ0) is 16.2. The summed E-state index contributed by atoms with van der Waals surface area (Å²) >= 11 is 1.71. The van der Waals surface area contributed by atoms with E-state index in [-0.39, 0.29) is 23.9 Å². The molecule has 2 heterocycles. The van der Waals surface area contributed by atoms with E-state index in [1.54, 1.807) is 36.0 Å². The van der Waals surface area contributed by atoms with E-state index in [2.05, 4.69) is 10.6 Å². The van der Waals surface area contributed by atoms with E-state index in [9.17, 15) is 9.59 Å². The summed E-state index contributed by atoms with van der Waals surface area (Å²) in [6.45, 7) is 3.75. The van der Waals surface area contributed by atoms with Gasteiger partial charge in [0.25, 0.3) is 5.91 Å². The molecule has 6 nitrogen and oxygen atoms in total. The van der Waals surface area contributed by atoms with Gasteiger partial charge in [-0.1, -0.05) is 0 Å². The van der Waals surface area contributed by atoms with Crippen LogP contribution in [0.25, 0.3) is 0 Å². The van der Waals surface area contributed by atoms with Gasteiger partial charge in [-0.05, 0) is 31.2 Å². The van der Waals surface area contributed by atoms with Crippen molar-refractivity contribution in [3.05, 3.63) is 29.8 Å². The van der Waals surface area contributed by atoms with Gasteiger partial charge in [0.15, 0.2) is 0 Å². The predicted molar refractivity (Wildman–Crippen MR) is 90.6 cm³/mol. The highest BCUT2D eigenvalue weighted by molar-refractivity contribution is 7.99. The summed E-state index contributed by atoms with van der Waals surface area (Å²) in [5.41, 5.74) is 1.34. The lowest BCUT2D eigenvalue weighted by Crippen LogP contribution is -2.47. The van der Waals surface area contributed by atoms with E-state index in [0.717, 1.165) is 11.6 Å². The molecule has 0 aromatic heterocycles. The molecule has 2 fully saturated rings. The van der Waals surface area contributed by atoms with Gasteiger partial charge in [-0.25, -0.2) is 0 Å². The van der Waals surface area contributed by atoms with Crippen molar-refractivity contribution >= 4 is 29.3 Å². The fourth-order valence-corrected chi connectivity index (χ4v) is 3.63. The number of ether oxygens (including phenoxy) is 1. The van der Waals surface area contributed by atoms with Crippen LogP contribution in [0, 0.1) is 0 Å². The van der Waals surface area contributed by atoms with Gasteiger partial charge in [0.2, 0.25) is 5.91 Å². The van der Waals surface area contributed by atoms with Crippen molar-refractivity contribution in [1.82, 2.24) is 10.2 Å². The molecule has 2 atom stereocenters. The van der Waals surface area contributed by atoms with Crippen LogP contribution in [-0.2, 0) is 9.53 Å². The monoisotopic (exact) mass is 335 g/mol. The molecule has 2 aliphatic rings. The number of amides is 2. The molecular formula is C16H21N3O3S. The van der Waals surface area contributed by atoms with Crippen molar-refractivity contribution in [2.45, 2.75) is 19.0 Å². The summed E-state index contributed by atoms with van der Waals surface area (Å²) in [6.07, 6.45) is 0. The summed E-state index contributed by atoms with van der Waals surface area (Å²) in [7, 11) is 0. The second-order valence-corrected chi connectivity index (χ2v) is 6.79. The van der Waals surface area contributed by atoms with E-state index in [4.69, 9.17) is 4.74 Å². The maximum absolute atomic E-state index is 12.5. The topological polar surface area (TPSA) is 70.7 Å². The molecule has 0 bridgehead atoms. The van der Waals surface area contributed by atoms with Crippen LogP contribution in [0.5, 0.6) is 0 Å². The van der Waals surface area contributed by atoms with Crippen molar-refractivity contribution in [2.24, 2.45) is 0 Å². The number of carbonyl (C=O) groups is 2. The minimum Gasteiger partial charge on any atom is -0.377 e. The van der Waals surface area contributed by atoms with Crippen LogP contribution in [0.2, 0.25) is 0 Å². The maximum atomic E-state index is 12.5. The molecule has 23 heavy (non-hydrogen) atoms. The van der Waals surface area contributed by atoms with E-state index < -0.39 is 0 Å². The molecule has 2 aliphatic heterocycles. The average molecular weight is 335 g/mol. The second-order valence-electron chi connectivity index (χ2n) is 5.76. The number of hydrogen-bond donors (Lipinski definition) is 2. The highest BCUT2D eigenvalue weighted by atomic mass is 32.2. The Labute approximate surface area is 139 Å². The Kier molecular flexibility index (Phi) is 5.20. The number of hydrogen-bond acceptors (Lipinski definition) is 5. The molecule has 2 unspecified atom stereocenters. The normalized spacial score (nSPS) is 24.5. The standard InChI is InChI=1S/C16H21N3O3S/c1-11-8-22-7-6-19(11)16(21)12-2-4-13(5-3-12)18-15(20)14-9-23-10-17-14/h2-5,11,14,17H,6-10H2,1H3,(H,18,20). The molecule has 2 saturated heterocycles. The Bertz CT molecular complexity index is 572. The van der Waals surface area contributed by atoms with Crippen molar-refractivity contribution in [3.63, 3.8) is 0 Å². The lowest BCUT2D eigenvalue weighted by Gasteiger charge is -2.33. The van der Waals surface area contributed by atoms with Gasteiger partial charge in [0, 0.05) is 29.4 Å². The molecule has 0 spiro atoms. The molecule has 0 aliphatic carbocycles. The molecule has 0 radical (unpaired) electrons. The van der Waals surface area contributed by atoms with Crippen molar-refractivity contribution in [1.29, 1.82) is 0 Å². The minimum absolute atomic E-state index is 0.00698. The van der Waals surface area contributed by atoms with Gasteiger partial charge < -0.3 is 15.0 Å². The Morgan fingerprint density at radius 1 is 1.35 bits per heavy atom. The summed E-state index contributed by atoms with van der Waals surface area (Å²) in [5.74, 6) is 1.57. The molecule has 3 rings (SSSR count). The lowest BCUT2D eigenvalue weighted by molar-refractivity contribution is -0.117.